The minimum absolute atomic E-state index is 0.603. The number of nitrogen functional groups attached to an aromatic ring is 1. The van der Waals surface area contributed by atoms with Gasteiger partial charge in [0.1, 0.15) is 12.1 Å². The number of fused-ring (bicyclic) bond motifs is 1. The molecule has 3 N–H and O–H groups in total. The molecule has 3 aromatic heterocycles. The molecule has 112 valence electrons. The molecule has 8 nitrogen and oxygen atoms in total. The van der Waals surface area contributed by atoms with Crippen LogP contribution in [0.2, 0.25) is 0 Å². The highest BCUT2D eigenvalue weighted by Gasteiger charge is 2.19. The molecule has 22 heavy (non-hydrogen) atoms. The summed E-state index contributed by atoms with van der Waals surface area (Å²) in [6.45, 7) is 3.64. The van der Waals surface area contributed by atoms with Crippen molar-refractivity contribution in [1.29, 1.82) is 0 Å². The van der Waals surface area contributed by atoms with Crippen molar-refractivity contribution in [3.05, 3.63) is 30.9 Å². The number of hydrogen-bond donors (Lipinski definition) is 2. The number of hydrogen-bond acceptors (Lipinski definition) is 7. The summed E-state index contributed by atoms with van der Waals surface area (Å²) < 4.78 is 1.90. The summed E-state index contributed by atoms with van der Waals surface area (Å²) in [7, 11) is 0. The maximum absolute atomic E-state index is 6.39. The summed E-state index contributed by atoms with van der Waals surface area (Å²) in [4.78, 5) is 10.3. The van der Waals surface area contributed by atoms with Crippen molar-refractivity contribution in [3.8, 4) is 11.1 Å². The molecule has 0 unspecified atom stereocenters. The van der Waals surface area contributed by atoms with E-state index < -0.39 is 0 Å². The van der Waals surface area contributed by atoms with Gasteiger partial charge in [0.25, 0.3) is 0 Å². The Balaban J connectivity index is 1.86. The molecule has 1 fully saturated rings. The first kappa shape index (κ1) is 13.0. The number of aromatic nitrogens is 5. The van der Waals surface area contributed by atoms with Crippen molar-refractivity contribution in [2.75, 3.05) is 36.8 Å². The molecule has 4 rings (SSSR count). The predicted molar refractivity (Wildman–Crippen MR) is 83.5 cm³/mol. The van der Waals surface area contributed by atoms with Crippen LogP contribution in [0.3, 0.4) is 0 Å². The van der Waals surface area contributed by atoms with Crippen LogP contribution in [0.25, 0.3) is 16.8 Å². The second-order valence-corrected chi connectivity index (χ2v) is 5.19. The van der Waals surface area contributed by atoms with Crippen LogP contribution in [-0.2, 0) is 0 Å². The number of nitrogens with two attached hydrogens (primary N) is 1. The quantitative estimate of drug-likeness (QED) is 0.696. The normalized spacial score (nSPS) is 15.4. The maximum atomic E-state index is 6.39. The van der Waals surface area contributed by atoms with Crippen LogP contribution in [0.1, 0.15) is 0 Å². The first-order valence-corrected chi connectivity index (χ1v) is 7.19. The fourth-order valence-corrected chi connectivity index (χ4v) is 2.74. The highest BCUT2D eigenvalue weighted by molar-refractivity contribution is 5.76. The summed E-state index contributed by atoms with van der Waals surface area (Å²) >= 11 is 0. The summed E-state index contributed by atoms with van der Waals surface area (Å²) in [5, 5.41) is 11.9. The Hall–Kier alpha value is -2.74. The Morgan fingerprint density at radius 1 is 1.05 bits per heavy atom. The van der Waals surface area contributed by atoms with Crippen LogP contribution in [0.5, 0.6) is 0 Å². The van der Waals surface area contributed by atoms with E-state index in [0.29, 0.717) is 5.82 Å². The van der Waals surface area contributed by atoms with Gasteiger partial charge in [-0.25, -0.2) is 14.4 Å². The number of nitrogens with one attached hydrogen (secondary N) is 1. The third-order valence-corrected chi connectivity index (χ3v) is 3.86. The van der Waals surface area contributed by atoms with Gasteiger partial charge in [-0.2, -0.15) is 0 Å². The van der Waals surface area contributed by atoms with Gasteiger partial charge in [0, 0.05) is 49.7 Å². The molecule has 8 heteroatoms. The van der Waals surface area contributed by atoms with Gasteiger partial charge in [-0.3, -0.25) is 0 Å². The third-order valence-electron chi connectivity index (χ3n) is 3.86. The first-order valence-electron chi connectivity index (χ1n) is 7.19. The number of rotatable bonds is 2. The van der Waals surface area contributed by atoms with Crippen LogP contribution in [0.15, 0.2) is 30.9 Å². The molecular weight excluding hydrogens is 280 g/mol. The Labute approximate surface area is 127 Å². The van der Waals surface area contributed by atoms with Crippen LogP contribution < -0.4 is 16.0 Å². The van der Waals surface area contributed by atoms with Crippen molar-refractivity contribution in [1.82, 2.24) is 29.9 Å². The summed E-state index contributed by atoms with van der Waals surface area (Å²) in [6, 6.07) is 3.84. The van der Waals surface area contributed by atoms with Crippen LogP contribution in [0, 0.1) is 0 Å². The standard InChI is InChI=1S/C14H16N8/c15-13-11(10-7-17-9-18-8-10)1-2-12-19-20-14(22(12)13)21-5-3-16-4-6-21/h1-2,7-9,16H,3-6,15H2. The van der Waals surface area contributed by atoms with E-state index in [4.69, 9.17) is 5.73 Å². The molecule has 1 saturated heterocycles. The van der Waals surface area contributed by atoms with E-state index in [-0.39, 0.29) is 0 Å². The molecule has 0 amide bonds. The second-order valence-electron chi connectivity index (χ2n) is 5.19. The van der Waals surface area contributed by atoms with Crippen LogP contribution >= 0.6 is 0 Å². The van der Waals surface area contributed by atoms with E-state index in [0.717, 1.165) is 48.9 Å². The lowest BCUT2D eigenvalue weighted by Gasteiger charge is -2.27. The van der Waals surface area contributed by atoms with Gasteiger partial charge in [-0.1, -0.05) is 0 Å². The SMILES string of the molecule is Nc1c(-c2cncnc2)ccc2nnc(N3CCNCC3)n12. The van der Waals surface area contributed by atoms with Gasteiger partial charge in [-0.05, 0) is 12.1 Å². The molecule has 0 spiro atoms. The Morgan fingerprint density at radius 3 is 2.59 bits per heavy atom. The fourth-order valence-electron chi connectivity index (χ4n) is 2.74. The molecule has 4 heterocycles. The Kier molecular flexibility index (Phi) is 3.08. The molecular formula is C14H16N8. The van der Waals surface area contributed by atoms with Gasteiger partial charge in [-0.15, -0.1) is 10.2 Å². The van der Waals surface area contributed by atoms with E-state index in [1.54, 1.807) is 12.4 Å². The lowest BCUT2D eigenvalue weighted by molar-refractivity contribution is 0.578. The van der Waals surface area contributed by atoms with Crippen LogP contribution in [0.4, 0.5) is 11.8 Å². The average molecular weight is 296 g/mol. The fraction of sp³-hybridized carbons (Fsp3) is 0.286. The second kappa shape index (κ2) is 5.23. The highest BCUT2D eigenvalue weighted by Crippen LogP contribution is 2.28. The van der Waals surface area contributed by atoms with E-state index in [1.165, 1.54) is 6.33 Å². The molecule has 0 saturated carbocycles. The van der Waals surface area contributed by atoms with Crippen molar-refractivity contribution in [2.24, 2.45) is 0 Å². The molecule has 0 bridgehead atoms. The number of nitrogens with zero attached hydrogens (tertiary/aromatic N) is 6. The average Bonchev–Trinajstić information content (AvgIpc) is 3.02. The van der Waals surface area contributed by atoms with Crippen molar-refractivity contribution >= 4 is 17.4 Å². The predicted octanol–water partition coefficient (Wildman–Crippen LogP) is 0.178. The van der Waals surface area contributed by atoms with E-state index >= 15 is 0 Å². The third kappa shape index (κ3) is 2.04. The van der Waals surface area contributed by atoms with E-state index in [9.17, 15) is 0 Å². The molecule has 1 aliphatic heterocycles. The monoisotopic (exact) mass is 296 g/mol. The van der Waals surface area contributed by atoms with E-state index in [1.807, 2.05) is 16.5 Å². The number of pyridine rings is 1. The minimum Gasteiger partial charge on any atom is -0.384 e. The minimum atomic E-state index is 0.603. The molecule has 1 aliphatic rings. The number of anilines is 2. The lowest BCUT2D eigenvalue weighted by atomic mass is 10.1. The molecule has 0 atom stereocenters. The lowest BCUT2D eigenvalue weighted by Crippen LogP contribution is -2.44. The summed E-state index contributed by atoms with van der Waals surface area (Å²) in [5.74, 6) is 1.39. The topological polar surface area (TPSA) is 97.3 Å². The van der Waals surface area contributed by atoms with Gasteiger partial charge in [0.2, 0.25) is 5.95 Å². The molecule has 0 radical (unpaired) electrons. The summed E-state index contributed by atoms with van der Waals surface area (Å²) in [5.41, 5.74) is 8.89. The molecule has 0 aromatic carbocycles. The van der Waals surface area contributed by atoms with Gasteiger partial charge in [0.05, 0.1) is 0 Å². The van der Waals surface area contributed by atoms with Gasteiger partial charge >= 0.3 is 0 Å². The Bertz CT molecular complexity index is 791. The van der Waals surface area contributed by atoms with E-state index in [2.05, 4.69) is 30.4 Å². The smallest absolute Gasteiger partial charge is 0.233 e. The zero-order valence-electron chi connectivity index (χ0n) is 12.0. The number of piperazine rings is 1. The van der Waals surface area contributed by atoms with Gasteiger partial charge in [0.15, 0.2) is 5.65 Å². The maximum Gasteiger partial charge on any atom is 0.233 e. The zero-order chi connectivity index (χ0) is 14.9. The van der Waals surface area contributed by atoms with Gasteiger partial charge < -0.3 is 16.0 Å². The zero-order valence-corrected chi connectivity index (χ0v) is 12.0. The summed E-state index contributed by atoms with van der Waals surface area (Å²) in [6.07, 6.45) is 5.00. The molecule has 3 aromatic rings. The van der Waals surface area contributed by atoms with Crippen LogP contribution in [-0.4, -0.2) is 50.7 Å². The highest BCUT2D eigenvalue weighted by atomic mass is 15.4. The van der Waals surface area contributed by atoms with Crippen molar-refractivity contribution < 1.29 is 0 Å². The largest absolute Gasteiger partial charge is 0.384 e. The molecule has 0 aliphatic carbocycles. The Morgan fingerprint density at radius 2 is 1.82 bits per heavy atom. The van der Waals surface area contributed by atoms with Crippen molar-refractivity contribution in [2.45, 2.75) is 0 Å². The first-order chi connectivity index (χ1) is 10.8. The van der Waals surface area contributed by atoms with Crippen molar-refractivity contribution in [3.63, 3.8) is 0 Å².